The van der Waals surface area contributed by atoms with Gasteiger partial charge in [0.25, 0.3) is 0 Å². The maximum atomic E-state index is 13.1. The molecule has 0 radical (unpaired) electrons. The van der Waals surface area contributed by atoms with Gasteiger partial charge in [0.1, 0.15) is 11.6 Å². The lowest BCUT2D eigenvalue weighted by molar-refractivity contribution is 0.410. The first kappa shape index (κ1) is 10.0. The zero-order valence-corrected chi connectivity index (χ0v) is 8.56. The molecule has 2 nitrogen and oxygen atoms in total. The number of halogens is 2. The number of hydrogen-bond donors (Lipinski definition) is 0. The Kier molecular flexibility index (Phi) is 3.26. The Hall–Kier alpha value is -1.08. The van der Waals surface area contributed by atoms with Crippen LogP contribution in [0.1, 0.15) is 5.56 Å². The summed E-state index contributed by atoms with van der Waals surface area (Å²) in [5.74, 6) is 0.156. The summed E-state index contributed by atoms with van der Waals surface area (Å²) in [6.45, 7) is 6.66. The highest BCUT2D eigenvalue weighted by atomic mass is 79.9. The summed E-state index contributed by atoms with van der Waals surface area (Å²) in [4.78, 5) is 3.11. The largest absolute Gasteiger partial charge is 0.496 e. The molecule has 0 fully saturated rings. The fourth-order valence-corrected chi connectivity index (χ4v) is 1.41. The molecule has 4 heteroatoms. The fraction of sp³-hybridized carbons (Fsp3) is 0.222. The van der Waals surface area contributed by atoms with Crippen LogP contribution in [-0.4, -0.2) is 7.11 Å². The second kappa shape index (κ2) is 4.24. The van der Waals surface area contributed by atoms with E-state index in [-0.39, 0.29) is 12.4 Å². The fourth-order valence-electron chi connectivity index (χ4n) is 0.934. The third-order valence-electron chi connectivity index (χ3n) is 1.57. The molecule has 0 saturated heterocycles. The van der Waals surface area contributed by atoms with Gasteiger partial charge >= 0.3 is 0 Å². The van der Waals surface area contributed by atoms with Crippen molar-refractivity contribution in [1.82, 2.24) is 0 Å². The van der Waals surface area contributed by atoms with E-state index in [0.717, 1.165) is 0 Å². The van der Waals surface area contributed by atoms with E-state index in [1.54, 1.807) is 0 Å². The van der Waals surface area contributed by atoms with Crippen LogP contribution in [0.2, 0.25) is 0 Å². The monoisotopic (exact) mass is 243 g/mol. The van der Waals surface area contributed by atoms with Crippen molar-refractivity contribution in [3.8, 4) is 5.75 Å². The molecule has 0 aromatic heterocycles. The lowest BCUT2D eigenvalue weighted by Gasteiger charge is -2.04. The Balaban J connectivity index is 3.16. The molecule has 0 heterocycles. The van der Waals surface area contributed by atoms with Crippen LogP contribution in [0.15, 0.2) is 16.6 Å². The first-order chi connectivity index (χ1) is 6.19. The normalized spacial score (nSPS) is 9.38. The van der Waals surface area contributed by atoms with Crippen LogP contribution >= 0.6 is 15.9 Å². The minimum absolute atomic E-state index is 0.0372. The zero-order chi connectivity index (χ0) is 9.84. The van der Waals surface area contributed by atoms with Gasteiger partial charge in [-0.2, -0.15) is 0 Å². The first-order valence-corrected chi connectivity index (χ1v) is 4.33. The van der Waals surface area contributed by atoms with E-state index < -0.39 is 0 Å². The van der Waals surface area contributed by atoms with Crippen molar-refractivity contribution in [3.05, 3.63) is 39.4 Å². The maximum absolute atomic E-state index is 13.1. The topological polar surface area (TPSA) is 13.6 Å². The number of hydrogen-bond acceptors (Lipinski definition) is 1. The molecule has 0 saturated carbocycles. The molecule has 0 aliphatic heterocycles. The summed E-state index contributed by atoms with van der Waals surface area (Å²) in [6, 6.07) is 2.83. The van der Waals surface area contributed by atoms with Gasteiger partial charge in [-0.15, -0.1) is 0 Å². The number of rotatable bonds is 2. The van der Waals surface area contributed by atoms with Crippen molar-refractivity contribution in [1.29, 1.82) is 0 Å². The van der Waals surface area contributed by atoms with E-state index in [1.807, 2.05) is 0 Å². The van der Waals surface area contributed by atoms with Gasteiger partial charge in [0, 0.05) is 0 Å². The number of nitrogens with zero attached hydrogens (tertiary/aromatic N) is 1. The maximum Gasteiger partial charge on any atom is 0.242 e. The predicted molar refractivity (Wildman–Crippen MR) is 51.0 cm³/mol. The van der Waals surface area contributed by atoms with Crippen LogP contribution in [0.5, 0.6) is 5.75 Å². The number of ether oxygens (including phenoxy) is 1. The highest BCUT2D eigenvalue weighted by molar-refractivity contribution is 9.10. The van der Waals surface area contributed by atoms with Crippen LogP contribution in [0, 0.1) is 12.4 Å². The van der Waals surface area contributed by atoms with E-state index in [4.69, 9.17) is 11.3 Å². The second-order valence-electron chi connectivity index (χ2n) is 2.39. The van der Waals surface area contributed by atoms with Crippen molar-refractivity contribution in [2.45, 2.75) is 6.54 Å². The molecule has 68 valence electrons. The Labute approximate surface area is 84.3 Å². The highest BCUT2D eigenvalue weighted by Crippen LogP contribution is 2.28. The van der Waals surface area contributed by atoms with Crippen molar-refractivity contribution in [2.75, 3.05) is 7.11 Å². The van der Waals surface area contributed by atoms with Gasteiger partial charge < -0.3 is 9.58 Å². The van der Waals surface area contributed by atoms with E-state index in [2.05, 4.69) is 20.8 Å². The molecule has 1 aromatic carbocycles. The van der Waals surface area contributed by atoms with Gasteiger partial charge in [-0.3, -0.25) is 0 Å². The molecule has 0 bridgehead atoms. The van der Waals surface area contributed by atoms with E-state index in [0.29, 0.717) is 15.8 Å². The van der Waals surface area contributed by atoms with Crippen molar-refractivity contribution < 1.29 is 9.13 Å². The summed E-state index contributed by atoms with van der Waals surface area (Å²) >= 11 is 3.15. The summed E-state index contributed by atoms with van der Waals surface area (Å²) in [7, 11) is 1.50. The average molecular weight is 244 g/mol. The van der Waals surface area contributed by atoms with Gasteiger partial charge in [-0.05, 0) is 28.1 Å². The van der Waals surface area contributed by atoms with Crippen LogP contribution in [0.25, 0.3) is 4.85 Å². The molecule has 0 atom stereocenters. The van der Waals surface area contributed by atoms with Crippen molar-refractivity contribution in [2.24, 2.45) is 0 Å². The van der Waals surface area contributed by atoms with Crippen LogP contribution in [0.3, 0.4) is 0 Å². The van der Waals surface area contributed by atoms with Crippen LogP contribution < -0.4 is 4.74 Å². The molecule has 0 spiro atoms. The van der Waals surface area contributed by atoms with Crippen molar-refractivity contribution in [3.63, 3.8) is 0 Å². The predicted octanol–water partition coefficient (Wildman–Crippen LogP) is 3.02. The van der Waals surface area contributed by atoms with E-state index in [9.17, 15) is 4.39 Å². The number of methoxy groups -OCH3 is 1. The van der Waals surface area contributed by atoms with E-state index >= 15 is 0 Å². The summed E-state index contributed by atoms with van der Waals surface area (Å²) < 4.78 is 18.7. The molecule has 0 amide bonds. The van der Waals surface area contributed by atoms with Gasteiger partial charge in [0.15, 0.2) is 0 Å². The minimum atomic E-state index is -0.385. The lowest BCUT2D eigenvalue weighted by Crippen LogP contribution is -1.91. The quantitative estimate of drug-likeness (QED) is 0.729. The molecular formula is C9H7BrFNO. The summed E-state index contributed by atoms with van der Waals surface area (Å²) in [5, 5.41) is 0. The molecule has 1 rings (SSSR count). The van der Waals surface area contributed by atoms with E-state index in [1.165, 1.54) is 19.2 Å². The molecular weight excluding hydrogens is 237 g/mol. The third-order valence-corrected chi connectivity index (χ3v) is 2.19. The number of benzene rings is 1. The summed E-state index contributed by atoms with van der Waals surface area (Å²) in [6.07, 6.45) is 0. The molecule has 1 aromatic rings. The third kappa shape index (κ3) is 2.19. The average Bonchev–Trinajstić information content (AvgIpc) is 2.10. The van der Waals surface area contributed by atoms with Gasteiger partial charge in [-0.25, -0.2) is 11.0 Å². The SMILES string of the molecule is [C-]#[N+]Cc1cc(OC)c(Br)cc1F. The Morgan fingerprint density at radius 2 is 2.31 bits per heavy atom. The zero-order valence-electron chi connectivity index (χ0n) is 6.97. The Morgan fingerprint density at radius 3 is 2.85 bits per heavy atom. The molecule has 0 N–H and O–H groups in total. The van der Waals surface area contributed by atoms with Crippen molar-refractivity contribution >= 4 is 15.9 Å². The molecule has 0 aliphatic rings. The first-order valence-electron chi connectivity index (χ1n) is 3.54. The molecule has 0 unspecified atom stereocenters. The molecule has 0 aliphatic carbocycles. The van der Waals surface area contributed by atoms with Crippen LogP contribution in [0.4, 0.5) is 4.39 Å². The standard InChI is InChI=1S/C9H7BrFNO/c1-12-5-6-3-9(13-2)7(10)4-8(6)11/h3-4H,5H2,2H3. The highest BCUT2D eigenvalue weighted by Gasteiger charge is 2.09. The van der Waals surface area contributed by atoms with Gasteiger partial charge in [0.2, 0.25) is 6.54 Å². The smallest absolute Gasteiger partial charge is 0.242 e. The molecule has 13 heavy (non-hydrogen) atoms. The second-order valence-corrected chi connectivity index (χ2v) is 3.25. The Morgan fingerprint density at radius 1 is 1.62 bits per heavy atom. The van der Waals surface area contributed by atoms with Gasteiger partial charge in [0.05, 0.1) is 17.1 Å². The lowest BCUT2D eigenvalue weighted by atomic mass is 10.2. The Bertz CT molecular complexity index is 359. The summed E-state index contributed by atoms with van der Waals surface area (Å²) in [5.41, 5.74) is 0.357. The minimum Gasteiger partial charge on any atom is -0.496 e. The van der Waals surface area contributed by atoms with Crippen LogP contribution in [-0.2, 0) is 6.54 Å². The van der Waals surface area contributed by atoms with Gasteiger partial charge in [-0.1, -0.05) is 0 Å².